The van der Waals surface area contributed by atoms with Gasteiger partial charge in [-0.05, 0) is 18.8 Å². The van der Waals surface area contributed by atoms with Crippen LogP contribution < -0.4 is 0 Å². The Morgan fingerprint density at radius 3 is 1.75 bits per heavy atom. The van der Waals surface area contributed by atoms with Crippen molar-refractivity contribution in [3.8, 4) is 0 Å². The van der Waals surface area contributed by atoms with Crippen molar-refractivity contribution < 1.29 is 17.3 Å². The van der Waals surface area contributed by atoms with Crippen LogP contribution in [0.5, 0.6) is 0 Å². The maximum atomic E-state index is 9.75. The molecule has 0 amide bonds. The minimum atomic E-state index is -6.00. The van der Waals surface area contributed by atoms with Crippen LogP contribution in [0.2, 0.25) is 0 Å². The summed E-state index contributed by atoms with van der Waals surface area (Å²) in [7, 11) is -6.00. The average Bonchev–Trinajstić information content (AvgIpc) is 2.57. The molecule has 0 aromatic carbocycles. The summed E-state index contributed by atoms with van der Waals surface area (Å²) in [6.07, 6.45) is 6.42. The summed E-state index contributed by atoms with van der Waals surface area (Å²) in [6.45, 7) is 0. The first-order valence-electron chi connectivity index (χ1n) is 3.78. The van der Waals surface area contributed by atoms with E-state index in [2.05, 4.69) is 18.8 Å². The zero-order chi connectivity index (χ0) is 12.8. The highest BCUT2D eigenvalue weighted by atomic mass is 32.2. The predicted octanol–water partition coefficient (Wildman–Crippen LogP) is 5.56. The monoisotopic (exact) mass is 328 g/mol. The van der Waals surface area contributed by atoms with Crippen molar-refractivity contribution in [2.24, 2.45) is 0 Å². The molecular weight excluding hydrogens is 319 g/mol. The van der Waals surface area contributed by atoms with Gasteiger partial charge in [-0.1, -0.05) is 35.3 Å². The summed E-state index contributed by atoms with van der Waals surface area (Å²) in [5.41, 5.74) is 0. The van der Waals surface area contributed by atoms with Crippen LogP contribution in [0.15, 0.2) is 11.9 Å². The third-order valence-corrected chi connectivity index (χ3v) is 7.67. The van der Waals surface area contributed by atoms with E-state index in [0.29, 0.717) is 0 Å². The van der Waals surface area contributed by atoms with Crippen molar-refractivity contribution in [2.45, 2.75) is 11.9 Å². The highest BCUT2D eigenvalue weighted by Crippen LogP contribution is 2.44. The molecule has 0 bridgehead atoms. The molecule has 0 saturated carbocycles. The predicted molar refractivity (Wildman–Crippen MR) is 72.1 cm³/mol. The van der Waals surface area contributed by atoms with Gasteiger partial charge < -0.3 is 17.3 Å². The highest BCUT2D eigenvalue weighted by Gasteiger charge is 2.21. The summed E-state index contributed by atoms with van der Waals surface area (Å²) in [5, 5.41) is 0. The zero-order valence-corrected chi connectivity index (χ0v) is 12.7. The molecule has 0 aliphatic carbocycles. The number of rotatable bonds is 3. The zero-order valence-electron chi connectivity index (χ0n) is 8.63. The van der Waals surface area contributed by atoms with Gasteiger partial charge in [-0.25, -0.2) is 0 Å². The molecule has 0 aliphatic heterocycles. The summed E-state index contributed by atoms with van der Waals surface area (Å²) in [4.78, 5) is 0. The van der Waals surface area contributed by atoms with Gasteiger partial charge in [0.2, 0.25) is 8.42 Å². The van der Waals surface area contributed by atoms with E-state index in [-0.39, 0.29) is 0 Å². The van der Waals surface area contributed by atoms with E-state index in [1.807, 2.05) is 58.0 Å². The molecule has 0 saturated heterocycles. The van der Waals surface area contributed by atoms with Crippen molar-refractivity contribution >= 4 is 65.2 Å². The Morgan fingerprint density at radius 2 is 1.50 bits per heavy atom. The molecule has 10 heteroatoms. The second-order valence-corrected chi connectivity index (χ2v) is 7.92. The number of halogens is 4. The topological polar surface area (TPSA) is 0 Å². The van der Waals surface area contributed by atoms with Gasteiger partial charge in [-0.15, -0.1) is 0 Å². The lowest BCUT2D eigenvalue weighted by Crippen LogP contribution is -2.02. The van der Waals surface area contributed by atoms with Crippen molar-refractivity contribution in [3.63, 3.8) is 0 Å². The van der Waals surface area contributed by atoms with Crippen molar-refractivity contribution in [1.82, 2.24) is 0 Å². The lowest BCUT2D eigenvalue weighted by atomic mass is 10.3. The minimum absolute atomic E-state index is 1.46. The Balaban J connectivity index is 0.000000385. The molecule has 0 fully saturated rings. The van der Waals surface area contributed by atoms with E-state index >= 15 is 0 Å². The fourth-order valence-corrected chi connectivity index (χ4v) is 6.52. The van der Waals surface area contributed by atoms with Gasteiger partial charge in [-0.2, -0.15) is 0 Å². The van der Waals surface area contributed by atoms with E-state index in [0.717, 1.165) is 0 Å². The van der Waals surface area contributed by atoms with Crippen molar-refractivity contribution in [1.29, 1.82) is 0 Å². The fraction of sp³-hybridized carbons (Fsp3) is 0.500. The van der Waals surface area contributed by atoms with Gasteiger partial charge >= 0.3 is 10.8 Å². The van der Waals surface area contributed by atoms with Crippen LogP contribution in [0.4, 0.5) is 17.3 Å². The van der Waals surface area contributed by atoms with Gasteiger partial charge in [-0.3, -0.25) is 0 Å². The summed E-state index contributed by atoms with van der Waals surface area (Å²) in [6, 6.07) is 0. The third-order valence-electron chi connectivity index (χ3n) is 1.06. The molecule has 0 atom stereocenters. The van der Waals surface area contributed by atoms with Crippen LogP contribution in [-0.2, 0) is 0 Å². The smallest absolute Gasteiger partial charge is 0.418 e. The molecular formula is C6H9BF4S5. The van der Waals surface area contributed by atoms with E-state index in [1.54, 1.807) is 0 Å². The Bertz CT molecular complexity index is 285. The maximum absolute atomic E-state index is 9.75. The molecule has 16 heavy (non-hydrogen) atoms. The van der Waals surface area contributed by atoms with Gasteiger partial charge in [0.15, 0.2) is 0 Å². The highest BCUT2D eigenvalue weighted by molar-refractivity contribution is 8.07. The second kappa shape index (κ2) is 8.07. The maximum Gasteiger partial charge on any atom is 0.673 e. The molecule has 0 nitrogen and oxygen atoms in total. The van der Waals surface area contributed by atoms with E-state index in [1.165, 1.54) is 11.9 Å². The number of hydrogen-bond acceptors (Lipinski definition) is 4. The Labute approximate surface area is 113 Å². The first kappa shape index (κ1) is 16.9. The van der Waals surface area contributed by atoms with Gasteiger partial charge in [0.1, 0.15) is 22.7 Å². The molecule has 0 spiro atoms. The van der Waals surface area contributed by atoms with Crippen LogP contribution in [-0.4, -0.2) is 26.0 Å². The van der Waals surface area contributed by atoms with E-state index < -0.39 is 7.25 Å². The first-order chi connectivity index (χ1) is 7.31. The molecule has 1 rings (SSSR count). The molecule has 0 radical (unpaired) electrons. The quantitative estimate of drug-likeness (QED) is 0.309. The van der Waals surface area contributed by atoms with Gasteiger partial charge in [0, 0.05) is 0 Å². The first-order valence-corrected chi connectivity index (χ1v) is 9.08. The molecule has 1 aromatic rings. The summed E-state index contributed by atoms with van der Waals surface area (Å²) < 4.78 is 43.4. The normalized spacial score (nSPS) is 10.9. The summed E-state index contributed by atoms with van der Waals surface area (Å²) >= 11 is 9.36. The van der Waals surface area contributed by atoms with Crippen molar-refractivity contribution in [2.75, 3.05) is 18.8 Å². The van der Waals surface area contributed by atoms with E-state index in [9.17, 15) is 17.3 Å². The molecule has 0 N–H and O–H groups in total. The standard InChI is InChI=1S/C6H9S5.BF4/c1-7-4-5(8-2)11-6(9-3)10-4;2-1(3,4)5/h1-3H3;/q+1;-1. The minimum Gasteiger partial charge on any atom is -0.418 e. The Hall–Kier alpha value is 0.885. The molecule has 0 aliphatic rings. The molecule has 0 unspecified atom stereocenters. The molecule has 94 valence electrons. The SMILES string of the molecule is CSc1sc(SC)c(SC)[s+]1.F[B-](F)(F)F. The second-order valence-electron chi connectivity index (χ2n) is 2.14. The van der Waals surface area contributed by atoms with Crippen LogP contribution in [0.3, 0.4) is 0 Å². The fourth-order valence-electron chi connectivity index (χ4n) is 0.589. The van der Waals surface area contributed by atoms with Crippen LogP contribution in [0.1, 0.15) is 0 Å². The summed E-state index contributed by atoms with van der Waals surface area (Å²) in [5.74, 6) is 0. The van der Waals surface area contributed by atoms with Crippen LogP contribution in [0, 0.1) is 0 Å². The van der Waals surface area contributed by atoms with Crippen molar-refractivity contribution in [3.05, 3.63) is 0 Å². The van der Waals surface area contributed by atoms with Gasteiger partial charge in [0.25, 0.3) is 0 Å². The number of hydrogen-bond donors (Lipinski definition) is 0. The largest absolute Gasteiger partial charge is 0.673 e. The number of thioether (sulfide) groups is 3. The Kier molecular flexibility index (Phi) is 8.52. The molecule has 1 aromatic heterocycles. The van der Waals surface area contributed by atoms with Gasteiger partial charge in [0.05, 0.1) is 0 Å². The Morgan fingerprint density at radius 1 is 1.00 bits per heavy atom. The lowest BCUT2D eigenvalue weighted by Gasteiger charge is -1.94. The van der Waals surface area contributed by atoms with Crippen LogP contribution >= 0.6 is 58.0 Å². The van der Waals surface area contributed by atoms with Crippen LogP contribution in [0.25, 0.3) is 0 Å². The average molecular weight is 328 g/mol. The third kappa shape index (κ3) is 8.05. The lowest BCUT2D eigenvalue weighted by molar-refractivity contribution is 0.368. The van der Waals surface area contributed by atoms with E-state index in [4.69, 9.17) is 0 Å². The molecule has 1 heterocycles.